The Bertz CT molecular complexity index is 214. The third-order valence-electron chi connectivity index (χ3n) is 4.30. The van der Waals surface area contributed by atoms with Gasteiger partial charge in [0.25, 0.3) is 0 Å². The molecule has 2 aliphatic carbocycles. The second kappa shape index (κ2) is 7.25. The fourth-order valence-electron chi connectivity index (χ4n) is 3.53. The molecule has 2 nitrogen and oxygen atoms in total. The van der Waals surface area contributed by atoms with Crippen LogP contribution in [0.1, 0.15) is 71.1 Å². The Hall–Kier alpha value is -0.240. The third kappa shape index (κ3) is 3.87. The van der Waals surface area contributed by atoms with Crippen LogP contribution >= 0.6 is 12.4 Å². The molecule has 0 bridgehead atoms. The van der Waals surface area contributed by atoms with Gasteiger partial charge in [-0.15, -0.1) is 12.4 Å². The van der Waals surface area contributed by atoms with Gasteiger partial charge in [0.05, 0.1) is 0 Å². The van der Waals surface area contributed by atoms with Crippen LogP contribution in [0.15, 0.2) is 0 Å². The van der Waals surface area contributed by atoms with Gasteiger partial charge in [-0.2, -0.15) is 0 Å². The summed E-state index contributed by atoms with van der Waals surface area (Å²) < 4.78 is 0. The Morgan fingerprint density at radius 1 is 0.824 bits per heavy atom. The molecule has 0 aromatic rings. The monoisotopic (exact) mass is 259 g/mol. The summed E-state index contributed by atoms with van der Waals surface area (Å²) in [6.45, 7) is 1.77. The molecule has 0 saturated heterocycles. The summed E-state index contributed by atoms with van der Waals surface area (Å²) in [4.78, 5) is 14.1. The van der Waals surface area contributed by atoms with E-state index in [1.165, 1.54) is 64.2 Å². The highest BCUT2D eigenvalue weighted by Crippen LogP contribution is 2.30. The van der Waals surface area contributed by atoms with Crippen molar-refractivity contribution in [1.29, 1.82) is 0 Å². The van der Waals surface area contributed by atoms with Gasteiger partial charge < -0.3 is 4.90 Å². The molecule has 0 aromatic heterocycles. The van der Waals surface area contributed by atoms with Crippen LogP contribution in [-0.2, 0) is 4.79 Å². The van der Waals surface area contributed by atoms with Crippen molar-refractivity contribution in [1.82, 2.24) is 4.90 Å². The molecule has 0 spiro atoms. The summed E-state index contributed by atoms with van der Waals surface area (Å²) in [5.41, 5.74) is 0. The number of amides is 1. The SMILES string of the molecule is CC(=O)N(C1CCCCC1)C1CCCCC1.Cl. The van der Waals surface area contributed by atoms with Crippen molar-refractivity contribution < 1.29 is 4.79 Å². The smallest absolute Gasteiger partial charge is 0.219 e. The van der Waals surface area contributed by atoms with E-state index in [0.29, 0.717) is 18.0 Å². The molecule has 2 aliphatic rings. The summed E-state index contributed by atoms with van der Waals surface area (Å²) >= 11 is 0. The van der Waals surface area contributed by atoms with E-state index in [-0.39, 0.29) is 12.4 Å². The van der Waals surface area contributed by atoms with Gasteiger partial charge in [0, 0.05) is 19.0 Å². The summed E-state index contributed by atoms with van der Waals surface area (Å²) in [5, 5.41) is 0. The molecule has 100 valence electrons. The van der Waals surface area contributed by atoms with Gasteiger partial charge in [0.15, 0.2) is 0 Å². The Balaban J connectivity index is 0.00000144. The van der Waals surface area contributed by atoms with E-state index in [4.69, 9.17) is 0 Å². The first kappa shape index (κ1) is 14.8. The van der Waals surface area contributed by atoms with Gasteiger partial charge in [-0.3, -0.25) is 4.79 Å². The van der Waals surface area contributed by atoms with E-state index in [0.717, 1.165) is 0 Å². The van der Waals surface area contributed by atoms with Crippen LogP contribution in [-0.4, -0.2) is 22.9 Å². The molecule has 3 heteroatoms. The molecule has 2 saturated carbocycles. The Morgan fingerprint density at radius 3 is 1.47 bits per heavy atom. The Kier molecular flexibility index (Phi) is 6.32. The minimum atomic E-state index is 0. The van der Waals surface area contributed by atoms with E-state index in [9.17, 15) is 4.79 Å². The highest BCUT2D eigenvalue weighted by Gasteiger charge is 2.30. The molecule has 0 radical (unpaired) electrons. The largest absolute Gasteiger partial charge is 0.337 e. The molecule has 0 aromatic carbocycles. The lowest BCUT2D eigenvalue weighted by Gasteiger charge is -2.41. The van der Waals surface area contributed by atoms with Crippen molar-refractivity contribution in [3.05, 3.63) is 0 Å². The highest BCUT2D eigenvalue weighted by molar-refractivity contribution is 5.85. The first-order chi connectivity index (χ1) is 7.79. The van der Waals surface area contributed by atoms with Crippen molar-refractivity contribution in [2.24, 2.45) is 0 Å². The van der Waals surface area contributed by atoms with Gasteiger partial charge in [0.1, 0.15) is 0 Å². The van der Waals surface area contributed by atoms with Gasteiger partial charge in [-0.05, 0) is 25.7 Å². The van der Waals surface area contributed by atoms with Crippen molar-refractivity contribution in [3.8, 4) is 0 Å². The molecule has 2 rings (SSSR count). The van der Waals surface area contributed by atoms with Gasteiger partial charge >= 0.3 is 0 Å². The summed E-state index contributed by atoms with van der Waals surface area (Å²) in [5.74, 6) is 0.318. The second-order valence-corrected chi connectivity index (χ2v) is 5.51. The van der Waals surface area contributed by atoms with Crippen molar-refractivity contribution >= 4 is 18.3 Å². The second-order valence-electron chi connectivity index (χ2n) is 5.51. The molecule has 0 atom stereocenters. The predicted octanol–water partition coefficient (Wildman–Crippen LogP) is 3.92. The van der Waals surface area contributed by atoms with Crippen LogP contribution in [0.25, 0.3) is 0 Å². The van der Waals surface area contributed by atoms with E-state index in [2.05, 4.69) is 4.90 Å². The number of nitrogens with zero attached hydrogens (tertiary/aromatic N) is 1. The van der Waals surface area contributed by atoms with Crippen LogP contribution in [0.5, 0.6) is 0 Å². The van der Waals surface area contributed by atoms with Crippen LogP contribution in [0, 0.1) is 0 Å². The number of carbonyl (C=O) groups excluding carboxylic acids is 1. The first-order valence-corrected chi connectivity index (χ1v) is 7.08. The van der Waals surface area contributed by atoms with Crippen LogP contribution in [0.3, 0.4) is 0 Å². The predicted molar refractivity (Wildman–Crippen MR) is 73.5 cm³/mol. The number of hydrogen-bond donors (Lipinski definition) is 0. The highest BCUT2D eigenvalue weighted by atomic mass is 35.5. The van der Waals surface area contributed by atoms with E-state index >= 15 is 0 Å². The van der Waals surface area contributed by atoms with E-state index < -0.39 is 0 Å². The Labute approximate surface area is 112 Å². The number of carbonyl (C=O) groups is 1. The van der Waals surface area contributed by atoms with Crippen molar-refractivity contribution in [3.63, 3.8) is 0 Å². The molecule has 0 heterocycles. The minimum absolute atomic E-state index is 0. The van der Waals surface area contributed by atoms with Gasteiger partial charge in [0.2, 0.25) is 5.91 Å². The summed E-state index contributed by atoms with van der Waals surface area (Å²) in [6, 6.07) is 1.13. The van der Waals surface area contributed by atoms with Crippen LogP contribution in [0.4, 0.5) is 0 Å². The molecule has 0 unspecified atom stereocenters. The summed E-state index contributed by atoms with van der Waals surface area (Å²) in [6.07, 6.45) is 13.0. The zero-order valence-corrected chi connectivity index (χ0v) is 11.8. The normalized spacial score (nSPS) is 22.9. The average Bonchev–Trinajstić information content (AvgIpc) is 2.31. The number of halogens is 1. The molecule has 0 N–H and O–H groups in total. The summed E-state index contributed by atoms with van der Waals surface area (Å²) in [7, 11) is 0. The van der Waals surface area contributed by atoms with Crippen molar-refractivity contribution in [2.45, 2.75) is 83.2 Å². The lowest BCUT2D eigenvalue weighted by molar-refractivity contribution is -0.135. The standard InChI is InChI=1S/C14H25NO.ClH/c1-12(16)15(13-8-4-2-5-9-13)14-10-6-3-7-11-14;/h13-14H,2-11H2,1H3;1H. The lowest BCUT2D eigenvalue weighted by atomic mass is 9.88. The Morgan fingerprint density at radius 2 is 1.18 bits per heavy atom. The van der Waals surface area contributed by atoms with E-state index in [1.807, 2.05) is 0 Å². The first-order valence-electron chi connectivity index (χ1n) is 7.08. The maximum Gasteiger partial charge on any atom is 0.219 e. The topological polar surface area (TPSA) is 20.3 Å². The van der Waals surface area contributed by atoms with Crippen molar-refractivity contribution in [2.75, 3.05) is 0 Å². The van der Waals surface area contributed by atoms with E-state index in [1.54, 1.807) is 6.92 Å². The van der Waals surface area contributed by atoms with Crippen LogP contribution in [0.2, 0.25) is 0 Å². The fraction of sp³-hybridized carbons (Fsp3) is 0.929. The minimum Gasteiger partial charge on any atom is -0.337 e. The molecule has 1 amide bonds. The zero-order valence-electron chi connectivity index (χ0n) is 11.0. The molecule has 2 fully saturated rings. The van der Waals surface area contributed by atoms with Gasteiger partial charge in [-0.25, -0.2) is 0 Å². The molecule has 17 heavy (non-hydrogen) atoms. The fourth-order valence-corrected chi connectivity index (χ4v) is 3.53. The quantitative estimate of drug-likeness (QED) is 0.736. The number of hydrogen-bond acceptors (Lipinski definition) is 1. The zero-order chi connectivity index (χ0) is 11.4. The number of rotatable bonds is 2. The third-order valence-corrected chi connectivity index (χ3v) is 4.30. The lowest BCUT2D eigenvalue weighted by Crippen LogP contribution is -2.47. The molecular formula is C14H26ClNO. The van der Waals surface area contributed by atoms with Gasteiger partial charge in [-0.1, -0.05) is 38.5 Å². The molecule has 0 aliphatic heterocycles. The maximum atomic E-state index is 11.9. The maximum absolute atomic E-state index is 11.9. The average molecular weight is 260 g/mol. The molecular weight excluding hydrogens is 234 g/mol. The van der Waals surface area contributed by atoms with Crippen LogP contribution < -0.4 is 0 Å².